The van der Waals surface area contributed by atoms with Gasteiger partial charge in [-0.2, -0.15) is 0 Å². The number of ketones is 1. The Hall–Kier alpha value is -1.75. The number of Topliss-reactive ketones (excluding diaryl/α,β-unsaturated/α-hetero) is 1. The molecule has 5 heteroatoms. The molecule has 1 aromatic carbocycles. The van der Waals surface area contributed by atoms with E-state index in [9.17, 15) is 9.18 Å². The van der Waals surface area contributed by atoms with E-state index in [4.69, 9.17) is 5.73 Å². The first kappa shape index (κ1) is 12.7. The van der Waals surface area contributed by atoms with Crippen LogP contribution >= 0.6 is 15.9 Å². The third-order valence-electron chi connectivity index (χ3n) is 2.45. The molecule has 0 saturated carbocycles. The molecular formula is C13H10BrFN2O. The fourth-order valence-electron chi connectivity index (χ4n) is 1.54. The lowest BCUT2D eigenvalue weighted by molar-refractivity contribution is 0.0992. The molecule has 1 aromatic heterocycles. The van der Waals surface area contributed by atoms with Gasteiger partial charge in [0.2, 0.25) is 0 Å². The van der Waals surface area contributed by atoms with Crippen LogP contribution in [0.25, 0.3) is 0 Å². The van der Waals surface area contributed by atoms with Gasteiger partial charge in [0.1, 0.15) is 5.82 Å². The van der Waals surface area contributed by atoms with E-state index in [1.165, 1.54) is 12.1 Å². The maximum Gasteiger partial charge on any atom is 0.167 e. The number of carbonyl (C=O) groups is 1. The third-order valence-corrected chi connectivity index (χ3v) is 2.88. The number of halogens is 2. The Bertz CT molecular complexity index is 601. The zero-order valence-electron chi connectivity index (χ0n) is 9.36. The molecule has 0 aliphatic rings. The van der Waals surface area contributed by atoms with E-state index in [-0.39, 0.29) is 17.9 Å². The van der Waals surface area contributed by atoms with Gasteiger partial charge in [-0.05, 0) is 45.8 Å². The summed E-state index contributed by atoms with van der Waals surface area (Å²) < 4.78 is 14.0. The minimum atomic E-state index is -0.576. The number of nitrogens with two attached hydrogens (primary N) is 1. The van der Waals surface area contributed by atoms with E-state index >= 15 is 0 Å². The van der Waals surface area contributed by atoms with E-state index in [1.54, 1.807) is 18.5 Å². The summed E-state index contributed by atoms with van der Waals surface area (Å²) in [5, 5.41) is 0. The van der Waals surface area contributed by atoms with Gasteiger partial charge in [-0.15, -0.1) is 0 Å². The van der Waals surface area contributed by atoms with Crippen LogP contribution < -0.4 is 5.73 Å². The van der Waals surface area contributed by atoms with Gasteiger partial charge in [0.15, 0.2) is 5.78 Å². The van der Waals surface area contributed by atoms with Gasteiger partial charge in [0.25, 0.3) is 0 Å². The molecule has 1 heterocycles. The standard InChI is InChI=1S/C13H10BrFN2O/c14-10-3-8(6-17-7-10)4-13(18)9-1-2-12(16)11(15)5-9/h1-3,5-7H,4,16H2. The molecule has 92 valence electrons. The van der Waals surface area contributed by atoms with Crippen molar-refractivity contribution in [3.63, 3.8) is 0 Å². The average Bonchev–Trinajstić information content (AvgIpc) is 2.32. The number of benzene rings is 1. The largest absolute Gasteiger partial charge is 0.396 e. The number of nitrogens with zero attached hydrogens (tertiary/aromatic N) is 1. The third kappa shape index (κ3) is 2.92. The van der Waals surface area contributed by atoms with Crippen LogP contribution in [0, 0.1) is 5.82 Å². The highest BCUT2D eigenvalue weighted by atomic mass is 79.9. The first-order chi connectivity index (χ1) is 8.56. The van der Waals surface area contributed by atoms with Crippen molar-refractivity contribution in [3.05, 3.63) is 58.1 Å². The fraction of sp³-hybridized carbons (Fsp3) is 0.0769. The van der Waals surface area contributed by atoms with Crippen LogP contribution in [0.2, 0.25) is 0 Å². The number of nitrogen functional groups attached to an aromatic ring is 1. The van der Waals surface area contributed by atoms with Crippen molar-refractivity contribution < 1.29 is 9.18 Å². The van der Waals surface area contributed by atoms with Gasteiger partial charge in [-0.1, -0.05) is 0 Å². The highest BCUT2D eigenvalue weighted by Crippen LogP contribution is 2.15. The highest BCUT2D eigenvalue weighted by molar-refractivity contribution is 9.10. The number of carbonyl (C=O) groups excluding carboxylic acids is 1. The molecule has 2 aromatic rings. The smallest absolute Gasteiger partial charge is 0.167 e. The number of rotatable bonds is 3. The first-order valence-electron chi connectivity index (χ1n) is 5.24. The Morgan fingerprint density at radius 3 is 2.78 bits per heavy atom. The lowest BCUT2D eigenvalue weighted by Gasteiger charge is -2.03. The van der Waals surface area contributed by atoms with Crippen molar-refractivity contribution in [1.82, 2.24) is 4.98 Å². The van der Waals surface area contributed by atoms with Crippen LogP contribution in [0.1, 0.15) is 15.9 Å². The molecule has 0 bridgehead atoms. The SMILES string of the molecule is Nc1ccc(C(=O)Cc2cncc(Br)c2)cc1F. The maximum atomic E-state index is 13.2. The summed E-state index contributed by atoms with van der Waals surface area (Å²) in [5.74, 6) is -0.748. The van der Waals surface area contributed by atoms with Crippen LogP contribution in [0.15, 0.2) is 41.1 Å². The lowest BCUT2D eigenvalue weighted by Crippen LogP contribution is -2.05. The summed E-state index contributed by atoms with van der Waals surface area (Å²) in [6, 6.07) is 5.87. The molecule has 2 N–H and O–H groups in total. The van der Waals surface area contributed by atoms with E-state index in [1.807, 2.05) is 0 Å². The van der Waals surface area contributed by atoms with Crippen LogP contribution in [-0.4, -0.2) is 10.8 Å². The summed E-state index contributed by atoms with van der Waals surface area (Å²) in [4.78, 5) is 15.9. The lowest BCUT2D eigenvalue weighted by atomic mass is 10.0. The Balaban J connectivity index is 2.19. The summed E-state index contributed by atoms with van der Waals surface area (Å²) in [5.41, 5.74) is 6.47. The molecule has 0 spiro atoms. The second-order valence-corrected chi connectivity index (χ2v) is 4.76. The van der Waals surface area contributed by atoms with Gasteiger partial charge in [-0.3, -0.25) is 9.78 Å². The molecule has 18 heavy (non-hydrogen) atoms. The molecule has 0 unspecified atom stereocenters. The van der Waals surface area contributed by atoms with Crippen molar-refractivity contribution in [2.24, 2.45) is 0 Å². The predicted molar refractivity (Wildman–Crippen MR) is 70.8 cm³/mol. The van der Waals surface area contributed by atoms with Crippen molar-refractivity contribution in [2.75, 3.05) is 5.73 Å². The van der Waals surface area contributed by atoms with Gasteiger partial charge in [-0.25, -0.2) is 4.39 Å². The van der Waals surface area contributed by atoms with Gasteiger partial charge >= 0.3 is 0 Å². The van der Waals surface area contributed by atoms with Crippen molar-refractivity contribution in [3.8, 4) is 0 Å². The number of pyridine rings is 1. The Kier molecular flexibility index (Phi) is 3.72. The molecule has 0 fully saturated rings. The van der Waals surface area contributed by atoms with E-state index in [0.29, 0.717) is 5.56 Å². The van der Waals surface area contributed by atoms with Crippen molar-refractivity contribution >= 4 is 27.4 Å². The summed E-state index contributed by atoms with van der Waals surface area (Å²) in [7, 11) is 0. The van der Waals surface area contributed by atoms with Crippen LogP contribution in [0.4, 0.5) is 10.1 Å². The molecule has 0 aliphatic carbocycles. The quantitative estimate of drug-likeness (QED) is 0.700. The van der Waals surface area contributed by atoms with E-state index < -0.39 is 5.82 Å². The summed E-state index contributed by atoms with van der Waals surface area (Å²) in [6.07, 6.45) is 3.42. The normalized spacial score (nSPS) is 10.3. The molecule has 0 amide bonds. The topological polar surface area (TPSA) is 56.0 Å². The first-order valence-corrected chi connectivity index (χ1v) is 6.03. The van der Waals surface area contributed by atoms with Gasteiger partial charge < -0.3 is 5.73 Å². The Morgan fingerprint density at radius 1 is 1.33 bits per heavy atom. The Morgan fingerprint density at radius 2 is 2.11 bits per heavy atom. The average molecular weight is 309 g/mol. The summed E-state index contributed by atoms with van der Waals surface area (Å²) in [6.45, 7) is 0. The highest BCUT2D eigenvalue weighted by Gasteiger charge is 2.10. The molecule has 0 saturated heterocycles. The monoisotopic (exact) mass is 308 g/mol. The van der Waals surface area contributed by atoms with Crippen molar-refractivity contribution in [2.45, 2.75) is 6.42 Å². The zero-order valence-corrected chi connectivity index (χ0v) is 10.9. The second kappa shape index (κ2) is 5.27. The van der Waals surface area contributed by atoms with Crippen molar-refractivity contribution in [1.29, 1.82) is 0 Å². The molecule has 0 aliphatic heterocycles. The van der Waals surface area contributed by atoms with Crippen LogP contribution in [-0.2, 0) is 6.42 Å². The number of anilines is 1. The van der Waals surface area contributed by atoms with Gasteiger partial charge in [0.05, 0.1) is 5.69 Å². The predicted octanol–water partition coefficient (Wildman–Crippen LogP) is 2.99. The Labute approximate surface area is 112 Å². The number of aromatic nitrogens is 1. The second-order valence-electron chi connectivity index (χ2n) is 3.85. The minimum absolute atomic E-state index is 0.0377. The molecular weight excluding hydrogens is 299 g/mol. The maximum absolute atomic E-state index is 13.2. The molecule has 0 radical (unpaired) electrons. The fourth-order valence-corrected chi connectivity index (χ4v) is 1.95. The summed E-state index contributed by atoms with van der Waals surface area (Å²) >= 11 is 3.28. The number of hydrogen-bond acceptors (Lipinski definition) is 3. The van der Waals surface area contributed by atoms with E-state index in [2.05, 4.69) is 20.9 Å². The minimum Gasteiger partial charge on any atom is -0.396 e. The number of hydrogen-bond donors (Lipinski definition) is 1. The zero-order chi connectivity index (χ0) is 13.1. The van der Waals surface area contributed by atoms with Crippen LogP contribution in [0.3, 0.4) is 0 Å². The molecule has 2 rings (SSSR count). The van der Waals surface area contributed by atoms with E-state index in [0.717, 1.165) is 16.1 Å². The van der Waals surface area contributed by atoms with Gasteiger partial charge in [0, 0.05) is 28.9 Å². The molecule has 0 atom stereocenters. The van der Waals surface area contributed by atoms with Crippen LogP contribution in [0.5, 0.6) is 0 Å². The molecule has 3 nitrogen and oxygen atoms in total.